The second kappa shape index (κ2) is 5.98. The van der Waals surface area contributed by atoms with Gasteiger partial charge in [0, 0.05) is 6.54 Å². The summed E-state index contributed by atoms with van der Waals surface area (Å²) in [4.78, 5) is 10.8. The molecule has 0 radical (unpaired) electrons. The first-order chi connectivity index (χ1) is 6.74. The lowest BCUT2D eigenvalue weighted by atomic mass is 10.1. The Balaban J connectivity index is 2.33. The monoisotopic (exact) mass is 201 g/mol. The van der Waals surface area contributed by atoms with E-state index in [0.717, 1.165) is 32.4 Å². The van der Waals surface area contributed by atoms with Crippen molar-refractivity contribution in [3.63, 3.8) is 0 Å². The van der Waals surface area contributed by atoms with Gasteiger partial charge in [-0.3, -0.25) is 0 Å². The molecule has 82 valence electrons. The molecule has 1 saturated heterocycles. The highest BCUT2D eigenvalue weighted by molar-refractivity contribution is 5.72. The van der Waals surface area contributed by atoms with Crippen LogP contribution in [0.25, 0.3) is 0 Å². The van der Waals surface area contributed by atoms with E-state index in [4.69, 9.17) is 9.84 Å². The van der Waals surface area contributed by atoms with Gasteiger partial charge in [0.1, 0.15) is 0 Å². The van der Waals surface area contributed by atoms with Crippen LogP contribution in [0.15, 0.2) is 0 Å². The van der Waals surface area contributed by atoms with Crippen LogP contribution in [0.3, 0.4) is 0 Å². The first kappa shape index (κ1) is 11.5. The van der Waals surface area contributed by atoms with Gasteiger partial charge in [-0.2, -0.15) is 0 Å². The summed E-state index contributed by atoms with van der Waals surface area (Å²) in [7, 11) is 0. The minimum atomic E-state index is -0.836. The summed E-state index contributed by atoms with van der Waals surface area (Å²) in [6.07, 6.45) is 2.95. The van der Waals surface area contributed by atoms with Crippen molar-refractivity contribution in [2.45, 2.75) is 44.8 Å². The van der Waals surface area contributed by atoms with E-state index in [9.17, 15) is 4.79 Å². The van der Waals surface area contributed by atoms with E-state index in [2.05, 4.69) is 5.32 Å². The molecule has 0 aromatic carbocycles. The first-order valence-electron chi connectivity index (χ1n) is 5.33. The van der Waals surface area contributed by atoms with Gasteiger partial charge in [-0.15, -0.1) is 0 Å². The second-order valence-corrected chi connectivity index (χ2v) is 3.72. The maximum atomic E-state index is 10.8. The van der Waals surface area contributed by atoms with E-state index in [-0.39, 0.29) is 6.10 Å². The van der Waals surface area contributed by atoms with E-state index >= 15 is 0 Å². The zero-order valence-corrected chi connectivity index (χ0v) is 8.66. The van der Waals surface area contributed by atoms with Crippen LogP contribution in [0.1, 0.15) is 32.6 Å². The lowest BCUT2D eigenvalue weighted by Gasteiger charge is -2.26. The van der Waals surface area contributed by atoms with Crippen molar-refractivity contribution in [3.8, 4) is 0 Å². The molecule has 1 aliphatic heterocycles. The molecule has 0 saturated carbocycles. The average Bonchev–Trinajstić information content (AvgIpc) is 2.18. The smallest absolute Gasteiger partial charge is 0.332 e. The van der Waals surface area contributed by atoms with Crippen molar-refractivity contribution in [2.24, 2.45) is 0 Å². The molecular weight excluding hydrogens is 182 g/mol. The Hall–Kier alpha value is -0.610. The Bertz CT molecular complexity index is 178. The van der Waals surface area contributed by atoms with Gasteiger partial charge in [-0.1, -0.05) is 13.3 Å². The molecule has 0 aromatic rings. The number of rotatable bonds is 5. The Kier molecular flexibility index (Phi) is 4.90. The van der Waals surface area contributed by atoms with Crippen molar-refractivity contribution in [1.29, 1.82) is 0 Å². The van der Waals surface area contributed by atoms with E-state index in [1.54, 1.807) is 0 Å². The molecule has 4 nitrogen and oxygen atoms in total. The van der Waals surface area contributed by atoms with Crippen LogP contribution in [-0.4, -0.2) is 36.4 Å². The zero-order valence-electron chi connectivity index (χ0n) is 8.66. The number of carboxylic acid groups (broad SMARTS) is 1. The SMILES string of the molecule is CCCC(OC1CCCNC1)C(=O)O. The van der Waals surface area contributed by atoms with Crippen LogP contribution in [0.4, 0.5) is 0 Å². The van der Waals surface area contributed by atoms with Gasteiger partial charge in [-0.25, -0.2) is 4.79 Å². The van der Waals surface area contributed by atoms with Gasteiger partial charge in [0.05, 0.1) is 6.10 Å². The third-order valence-electron chi connectivity index (χ3n) is 2.43. The molecule has 0 aliphatic carbocycles. The fraction of sp³-hybridized carbons (Fsp3) is 0.900. The van der Waals surface area contributed by atoms with Crippen LogP contribution in [0.5, 0.6) is 0 Å². The van der Waals surface area contributed by atoms with Crippen LogP contribution >= 0.6 is 0 Å². The molecule has 4 heteroatoms. The summed E-state index contributed by atoms with van der Waals surface area (Å²) in [5.41, 5.74) is 0. The molecule has 2 unspecified atom stereocenters. The van der Waals surface area contributed by atoms with Crippen molar-refractivity contribution < 1.29 is 14.6 Å². The molecule has 0 aromatic heterocycles. The lowest BCUT2D eigenvalue weighted by molar-refractivity contribution is -0.155. The third kappa shape index (κ3) is 3.64. The predicted molar refractivity (Wildman–Crippen MR) is 53.3 cm³/mol. The number of carboxylic acids is 1. The Morgan fingerprint density at radius 1 is 1.71 bits per heavy atom. The molecule has 14 heavy (non-hydrogen) atoms. The van der Waals surface area contributed by atoms with Crippen LogP contribution in [0, 0.1) is 0 Å². The van der Waals surface area contributed by atoms with E-state index in [1.807, 2.05) is 6.92 Å². The van der Waals surface area contributed by atoms with Gasteiger partial charge >= 0.3 is 5.97 Å². The number of ether oxygens (including phenoxy) is 1. The molecule has 0 amide bonds. The zero-order chi connectivity index (χ0) is 10.4. The maximum absolute atomic E-state index is 10.8. The van der Waals surface area contributed by atoms with E-state index in [0.29, 0.717) is 6.42 Å². The highest BCUT2D eigenvalue weighted by atomic mass is 16.5. The lowest BCUT2D eigenvalue weighted by Crippen LogP contribution is -2.39. The third-order valence-corrected chi connectivity index (χ3v) is 2.43. The summed E-state index contributed by atoms with van der Waals surface area (Å²) in [6, 6.07) is 0. The minimum Gasteiger partial charge on any atom is -0.479 e. The summed E-state index contributed by atoms with van der Waals surface area (Å²) in [5.74, 6) is -0.836. The van der Waals surface area contributed by atoms with Crippen molar-refractivity contribution in [3.05, 3.63) is 0 Å². The van der Waals surface area contributed by atoms with Gasteiger partial charge in [0.15, 0.2) is 6.10 Å². The standard InChI is InChI=1S/C10H19NO3/c1-2-4-9(10(12)13)14-8-5-3-6-11-7-8/h8-9,11H,2-7H2,1H3,(H,12,13). The second-order valence-electron chi connectivity index (χ2n) is 3.72. The topological polar surface area (TPSA) is 58.6 Å². The number of aliphatic carboxylic acids is 1. The number of hydrogen-bond acceptors (Lipinski definition) is 3. The molecule has 2 atom stereocenters. The van der Waals surface area contributed by atoms with E-state index in [1.165, 1.54) is 0 Å². The molecule has 0 spiro atoms. The summed E-state index contributed by atoms with van der Waals surface area (Å²) in [6.45, 7) is 3.78. The van der Waals surface area contributed by atoms with Crippen LogP contribution in [-0.2, 0) is 9.53 Å². The highest BCUT2D eigenvalue weighted by Crippen LogP contribution is 2.12. The molecule has 2 N–H and O–H groups in total. The normalized spacial score (nSPS) is 24.5. The first-order valence-corrected chi connectivity index (χ1v) is 5.33. The number of hydrogen-bond donors (Lipinski definition) is 2. The average molecular weight is 201 g/mol. The Morgan fingerprint density at radius 3 is 3.00 bits per heavy atom. The molecule has 1 aliphatic rings. The van der Waals surface area contributed by atoms with Gasteiger partial charge < -0.3 is 15.2 Å². The molecule has 0 bridgehead atoms. The van der Waals surface area contributed by atoms with Crippen molar-refractivity contribution in [1.82, 2.24) is 5.32 Å². The molecular formula is C10H19NO3. The Labute approximate surface area is 84.6 Å². The summed E-state index contributed by atoms with van der Waals surface area (Å²) in [5, 5.41) is 12.1. The van der Waals surface area contributed by atoms with Crippen LogP contribution in [0.2, 0.25) is 0 Å². The minimum absolute atomic E-state index is 0.0800. The number of carbonyl (C=O) groups is 1. The predicted octanol–water partition coefficient (Wildman–Crippen LogP) is 1.01. The largest absolute Gasteiger partial charge is 0.479 e. The van der Waals surface area contributed by atoms with Crippen molar-refractivity contribution in [2.75, 3.05) is 13.1 Å². The quantitative estimate of drug-likeness (QED) is 0.697. The summed E-state index contributed by atoms with van der Waals surface area (Å²) < 4.78 is 5.53. The van der Waals surface area contributed by atoms with Crippen molar-refractivity contribution >= 4 is 5.97 Å². The van der Waals surface area contributed by atoms with Gasteiger partial charge in [-0.05, 0) is 25.8 Å². The Morgan fingerprint density at radius 2 is 2.50 bits per heavy atom. The van der Waals surface area contributed by atoms with Gasteiger partial charge in [0.25, 0.3) is 0 Å². The van der Waals surface area contributed by atoms with E-state index < -0.39 is 12.1 Å². The molecule has 1 fully saturated rings. The number of nitrogens with one attached hydrogen (secondary N) is 1. The van der Waals surface area contributed by atoms with Gasteiger partial charge in [0.2, 0.25) is 0 Å². The number of piperidine rings is 1. The molecule has 1 heterocycles. The summed E-state index contributed by atoms with van der Waals surface area (Å²) >= 11 is 0. The van der Waals surface area contributed by atoms with Crippen LogP contribution < -0.4 is 5.32 Å². The molecule has 1 rings (SSSR count). The maximum Gasteiger partial charge on any atom is 0.332 e. The fourth-order valence-corrected chi connectivity index (χ4v) is 1.68. The highest BCUT2D eigenvalue weighted by Gasteiger charge is 2.23. The fourth-order valence-electron chi connectivity index (χ4n) is 1.68.